The molecule has 4 aromatic heterocycles. The Labute approximate surface area is 425 Å². The Hall–Kier alpha value is -8.55. The van der Waals surface area contributed by atoms with Crippen molar-refractivity contribution in [3.8, 4) is 23.1 Å². The van der Waals surface area contributed by atoms with E-state index in [1.54, 1.807) is 75.4 Å². The lowest BCUT2D eigenvalue weighted by molar-refractivity contribution is -0.142. The number of carbonyl (C=O) groups excluding carboxylic acids is 5. The van der Waals surface area contributed by atoms with E-state index in [1.807, 2.05) is 0 Å². The molecule has 6 aromatic rings. The van der Waals surface area contributed by atoms with Crippen molar-refractivity contribution in [2.75, 3.05) is 14.2 Å². The Morgan fingerprint density at radius 1 is 0.587 bits per heavy atom. The van der Waals surface area contributed by atoms with E-state index in [2.05, 4.69) is 46.7 Å². The Bertz CT molecular complexity index is 2970. The Balaban J connectivity index is 0.000000282. The smallest absolute Gasteiger partial charge is 0.435 e. The maximum absolute atomic E-state index is 13.5. The molecule has 0 saturated carbocycles. The van der Waals surface area contributed by atoms with Crippen LogP contribution in [-0.2, 0) is 52.9 Å². The van der Waals surface area contributed by atoms with E-state index in [0.29, 0.717) is 40.5 Å². The first kappa shape index (κ1) is 57.4. The molecule has 0 spiro atoms. The lowest BCUT2D eigenvalue weighted by atomic mass is 10.2. The summed E-state index contributed by atoms with van der Waals surface area (Å²) in [6.07, 6.45) is -10.4. The highest BCUT2D eigenvalue weighted by atomic mass is 19.4. The Morgan fingerprint density at radius 2 is 1.00 bits per heavy atom. The number of alkyl halides is 6. The van der Waals surface area contributed by atoms with Crippen molar-refractivity contribution < 1.29 is 64.5 Å². The summed E-state index contributed by atoms with van der Waals surface area (Å²) in [6.45, 7) is 7.91. The lowest BCUT2D eigenvalue weighted by Crippen LogP contribution is -2.46. The number of alkyl carbamates (subject to hydrolysis) is 1. The summed E-state index contributed by atoms with van der Waals surface area (Å²) in [7, 11) is 2.94. The van der Waals surface area contributed by atoms with E-state index in [0.717, 1.165) is 9.36 Å². The summed E-state index contributed by atoms with van der Waals surface area (Å²) < 4.78 is 97.9. The second-order valence-electron chi connectivity index (χ2n) is 17.2. The zero-order valence-corrected chi connectivity index (χ0v) is 41.5. The van der Waals surface area contributed by atoms with Gasteiger partial charge in [0, 0.05) is 36.3 Å². The topological polar surface area (TPSA) is 261 Å². The molecule has 0 bridgehead atoms. The van der Waals surface area contributed by atoms with Gasteiger partial charge in [0.2, 0.25) is 11.8 Å². The van der Waals surface area contributed by atoms with Crippen LogP contribution >= 0.6 is 0 Å². The highest BCUT2D eigenvalue weighted by molar-refractivity contribution is 5.94. The van der Waals surface area contributed by atoms with Gasteiger partial charge in [-0.25, -0.2) is 24.1 Å². The molecule has 0 unspecified atom stereocenters. The number of hydrogen-bond acceptors (Lipinski definition) is 13. The summed E-state index contributed by atoms with van der Waals surface area (Å²) in [6, 6.07) is 22.3. The number of rotatable bonds is 17. The van der Waals surface area contributed by atoms with Gasteiger partial charge in [0.1, 0.15) is 34.5 Å². The van der Waals surface area contributed by atoms with E-state index in [9.17, 15) is 50.3 Å². The maximum atomic E-state index is 13.5. The summed E-state index contributed by atoms with van der Waals surface area (Å²) >= 11 is 0. The fraction of sp³-hybridized carbons (Fsp3) is 0.327. The first-order chi connectivity index (χ1) is 35.3. The predicted octanol–water partition coefficient (Wildman–Crippen LogP) is 5.94. The third kappa shape index (κ3) is 16.5. The molecule has 0 aliphatic heterocycles. The van der Waals surface area contributed by atoms with Gasteiger partial charge in [0.15, 0.2) is 23.0 Å². The zero-order valence-electron chi connectivity index (χ0n) is 41.5. The number of pyridine rings is 2. The molecule has 0 aliphatic carbocycles. The maximum Gasteiger partial charge on any atom is 0.435 e. The molecule has 0 fully saturated rings. The highest BCUT2D eigenvalue weighted by Gasteiger charge is 2.38. The standard InChI is InChI=1S/C27H31F3N6O5.C22H23F3N6O3/c1-16(33-25(39)41-26(2,3)4)23(37)32-15-18-10-8-12-22(34-18)36-19(13-21(35-36)27(28,29)30)24(38)31-14-17-9-6-7-11-20(17)40-5;1-13(26)20(32)28-12-15-7-5-9-19(29-15)31-16(10-18(30-31)22(23,24)25)21(33)27-11-14-6-3-4-8-17(14)34-2/h6-13,16H,14-15H2,1-5H3,(H,31,38)(H,32,37)(H,33,39);3-10,13H,11-12,26H2,1-2H3,(H,27,33)(H,28,32)/t16-;13-/m00/s1. The molecule has 6 rings (SSSR count). The van der Waals surface area contributed by atoms with E-state index >= 15 is 0 Å². The van der Waals surface area contributed by atoms with E-state index < -0.39 is 76.8 Å². The van der Waals surface area contributed by atoms with Gasteiger partial charge in [-0.15, -0.1) is 0 Å². The quantitative estimate of drug-likeness (QED) is 0.0579. The van der Waals surface area contributed by atoms with Crippen molar-refractivity contribution in [1.29, 1.82) is 0 Å². The largest absolute Gasteiger partial charge is 0.496 e. The van der Waals surface area contributed by atoms with Gasteiger partial charge in [-0.1, -0.05) is 48.5 Å². The number of carbonyl (C=O) groups is 5. The summed E-state index contributed by atoms with van der Waals surface area (Å²) in [4.78, 5) is 70.4. The number of halogens is 6. The van der Waals surface area contributed by atoms with Crippen LogP contribution < -0.4 is 41.8 Å². The molecule has 7 N–H and O–H groups in total. The normalized spacial score (nSPS) is 12.2. The lowest BCUT2D eigenvalue weighted by Gasteiger charge is -2.21. The third-order valence-corrected chi connectivity index (χ3v) is 10.2. The molecule has 75 heavy (non-hydrogen) atoms. The first-order valence-corrected chi connectivity index (χ1v) is 22.7. The fourth-order valence-corrected chi connectivity index (χ4v) is 6.53. The van der Waals surface area contributed by atoms with Gasteiger partial charge < -0.3 is 46.5 Å². The minimum absolute atomic E-state index is 0.00303. The summed E-state index contributed by atoms with van der Waals surface area (Å²) in [5.41, 5.74) is 3.37. The summed E-state index contributed by atoms with van der Waals surface area (Å²) in [5.74, 6) is -1.63. The first-order valence-electron chi connectivity index (χ1n) is 22.7. The van der Waals surface area contributed by atoms with Crippen molar-refractivity contribution in [3.63, 3.8) is 0 Å². The van der Waals surface area contributed by atoms with Crippen LogP contribution in [0, 0.1) is 0 Å². The van der Waals surface area contributed by atoms with Gasteiger partial charge >= 0.3 is 18.4 Å². The van der Waals surface area contributed by atoms with Crippen molar-refractivity contribution in [3.05, 3.63) is 142 Å². The monoisotopic (exact) mass is 1050 g/mol. The predicted molar refractivity (Wildman–Crippen MR) is 257 cm³/mol. The third-order valence-electron chi connectivity index (χ3n) is 10.2. The molecule has 4 heterocycles. The van der Waals surface area contributed by atoms with Crippen LogP contribution in [0.2, 0.25) is 0 Å². The van der Waals surface area contributed by atoms with Gasteiger partial charge in [-0.2, -0.15) is 36.5 Å². The Kier molecular flexibility index (Phi) is 19.1. The minimum Gasteiger partial charge on any atom is -0.496 e. The van der Waals surface area contributed by atoms with E-state index in [1.165, 1.54) is 58.4 Å². The summed E-state index contributed by atoms with van der Waals surface area (Å²) in [5, 5.41) is 19.9. The molecule has 0 saturated heterocycles. The van der Waals surface area contributed by atoms with E-state index in [-0.39, 0.29) is 49.2 Å². The number of nitrogens with two attached hydrogens (primary N) is 1. The van der Waals surface area contributed by atoms with Gasteiger partial charge in [-0.05, 0) is 71.0 Å². The molecule has 0 aliphatic rings. The van der Waals surface area contributed by atoms with Crippen LogP contribution in [0.1, 0.15) is 89.5 Å². The molecular weight excluding hydrogens is 999 g/mol. The molecular formula is C49H54F6N12O8. The number of methoxy groups -OCH3 is 2. The van der Waals surface area contributed by atoms with Crippen LogP contribution in [0.25, 0.3) is 11.6 Å². The van der Waals surface area contributed by atoms with Crippen molar-refractivity contribution in [2.45, 2.75) is 90.8 Å². The molecule has 0 radical (unpaired) electrons. The number of benzene rings is 2. The minimum atomic E-state index is -4.81. The van der Waals surface area contributed by atoms with E-state index in [4.69, 9.17) is 19.9 Å². The van der Waals surface area contributed by atoms with Crippen molar-refractivity contribution in [1.82, 2.24) is 56.1 Å². The number of aromatic nitrogens is 6. The van der Waals surface area contributed by atoms with Crippen LogP contribution in [0.15, 0.2) is 97.1 Å². The average molecular weight is 1050 g/mol. The second kappa shape index (κ2) is 24.9. The van der Waals surface area contributed by atoms with Crippen LogP contribution in [0.3, 0.4) is 0 Å². The number of nitrogens with one attached hydrogen (secondary N) is 5. The molecule has 2 atom stereocenters. The van der Waals surface area contributed by atoms with Gasteiger partial charge in [0.25, 0.3) is 11.8 Å². The molecule has 26 heteroatoms. The number of amides is 5. The highest BCUT2D eigenvalue weighted by Crippen LogP contribution is 2.31. The molecule has 20 nitrogen and oxygen atoms in total. The van der Waals surface area contributed by atoms with Crippen molar-refractivity contribution in [2.24, 2.45) is 5.73 Å². The second-order valence-corrected chi connectivity index (χ2v) is 17.2. The number of para-hydroxylation sites is 2. The molecule has 400 valence electrons. The van der Waals surface area contributed by atoms with Crippen LogP contribution in [0.4, 0.5) is 31.1 Å². The van der Waals surface area contributed by atoms with Gasteiger partial charge in [0.05, 0.1) is 44.7 Å². The van der Waals surface area contributed by atoms with Crippen LogP contribution in [-0.4, -0.2) is 91.2 Å². The fourth-order valence-electron chi connectivity index (χ4n) is 6.53. The molecule has 5 amide bonds. The van der Waals surface area contributed by atoms with Crippen molar-refractivity contribution >= 4 is 29.7 Å². The number of hydrogen-bond donors (Lipinski definition) is 6. The number of nitrogens with zero attached hydrogens (tertiary/aromatic N) is 6. The zero-order chi connectivity index (χ0) is 55.3. The Morgan fingerprint density at radius 3 is 1.39 bits per heavy atom. The van der Waals surface area contributed by atoms with Gasteiger partial charge in [-0.3, -0.25) is 19.2 Å². The SMILES string of the molecule is COc1ccccc1CNC(=O)c1cc(C(F)(F)F)nn1-c1cccc(CNC(=O)[C@H](C)N)n1.COc1ccccc1CNC(=O)c1cc(C(F)(F)F)nn1-c1cccc(CNC(=O)[C@H](C)NC(=O)OC(C)(C)C)n1. The molecule has 2 aromatic carbocycles. The van der Waals surface area contributed by atoms with Crippen LogP contribution in [0.5, 0.6) is 11.5 Å². The average Bonchev–Trinajstić information content (AvgIpc) is 4.03. The number of ether oxygens (including phenoxy) is 3.